The maximum atomic E-state index is 13.3. The average molecular weight is 276 g/mol. The summed E-state index contributed by atoms with van der Waals surface area (Å²) >= 11 is 0. The van der Waals surface area contributed by atoms with Gasteiger partial charge < -0.3 is 15.8 Å². The molecule has 4 nitrogen and oxygen atoms in total. The molecule has 3 N–H and O–H groups in total. The highest BCUT2D eigenvalue weighted by molar-refractivity contribution is 5.97. The molecular formula is C15H17FN2O2. The lowest BCUT2D eigenvalue weighted by atomic mass is 10.00. The highest BCUT2D eigenvalue weighted by Gasteiger charge is 2.31. The van der Waals surface area contributed by atoms with E-state index in [0.29, 0.717) is 24.3 Å². The molecule has 0 bridgehead atoms. The van der Waals surface area contributed by atoms with E-state index in [1.807, 2.05) is 6.92 Å². The second-order valence-corrected chi connectivity index (χ2v) is 5.01. The van der Waals surface area contributed by atoms with Crippen LogP contribution in [0.25, 0.3) is 0 Å². The number of ether oxygens (including phenoxy) is 1. The molecule has 0 radical (unpaired) electrons. The van der Waals surface area contributed by atoms with E-state index in [-0.39, 0.29) is 18.0 Å². The molecule has 5 heteroatoms. The Bertz CT molecular complexity index is 569. The number of carbonyl (C=O) groups is 1. The minimum atomic E-state index is -0.432. The van der Waals surface area contributed by atoms with Gasteiger partial charge in [0.1, 0.15) is 5.82 Å². The van der Waals surface area contributed by atoms with E-state index in [4.69, 9.17) is 10.5 Å². The highest BCUT2D eigenvalue weighted by Crippen LogP contribution is 2.19. The smallest absolute Gasteiger partial charge is 0.253 e. The molecular weight excluding hydrogens is 259 g/mol. The summed E-state index contributed by atoms with van der Waals surface area (Å²) in [6.07, 6.45) is 0.754. The Kier molecular flexibility index (Phi) is 4.38. The normalized spacial score (nSPS) is 21.1. The van der Waals surface area contributed by atoms with Gasteiger partial charge in [-0.2, -0.15) is 0 Å². The summed E-state index contributed by atoms with van der Waals surface area (Å²) in [5.41, 5.74) is 5.62. The van der Waals surface area contributed by atoms with Crippen LogP contribution in [0.1, 0.15) is 29.3 Å². The molecule has 106 valence electrons. The molecule has 0 aromatic heterocycles. The van der Waals surface area contributed by atoms with Crippen molar-refractivity contribution >= 4 is 5.91 Å². The van der Waals surface area contributed by atoms with E-state index >= 15 is 0 Å². The Balaban J connectivity index is 2.25. The summed E-state index contributed by atoms with van der Waals surface area (Å²) < 4.78 is 18.6. The van der Waals surface area contributed by atoms with Gasteiger partial charge in [0.05, 0.1) is 24.3 Å². The average Bonchev–Trinajstić information content (AvgIpc) is 2.82. The van der Waals surface area contributed by atoms with Gasteiger partial charge in [-0.05, 0) is 31.5 Å². The Morgan fingerprint density at radius 1 is 1.60 bits per heavy atom. The van der Waals surface area contributed by atoms with Crippen LogP contribution in [0.3, 0.4) is 0 Å². The molecule has 2 rings (SSSR count). The lowest BCUT2D eigenvalue weighted by Gasteiger charge is -2.23. The lowest BCUT2D eigenvalue weighted by molar-refractivity contribution is 0.0889. The molecule has 0 saturated carbocycles. The zero-order valence-corrected chi connectivity index (χ0v) is 11.3. The first-order chi connectivity index (χ1) is 9.54. The fourth-order valence-corrected chi connectivity index (χ4v) is 2.07. The first-order valence-electron chi connectivity index (χ1n) is 6.43. The third kappa shape index (κ3) is 3.35. The first-order valence-corrected chi connectivity index (χ1v) is 6.43. The van der Waals surface area contributed by atoms with Crippen LogP contribution in [0.15, 0.2) is 18.2 Å². The SMILES string of the molecule is CC1(NC(=O)c2ccc(F)cc2C#CCN)CCOC1. The van der Waals surface area contributed by atoms with Gasteiger partial charge in [0.15, 0.2) is 0 Å². The van der Waals surface area contributed by atoms with Crippen molar-refractivity contribution < 1.29 is 13.9 Å². The number of benzene rings is 1. The van der Waals surface area contributed by atoms with Gasteiger partial charge in [-0.15, -0.1) is 0 Å². The third-order valence-corrected chi connectivity index (χ3v) is 3.19. The van der Waals surface area contributed by atoms with Gasteiger partial charge in [0.2, 0.25) is 0 Å². The van der Waals surface area contributed by atoms with Crippen LogP contribution in [-0.4, -0.2) is 31.2 Å². The molecule has 20 heavy (non-hydrogen) atoms. The maximum Gasteiger partial charge on any atom is 0.253 e. The number of rotatable bonds is 2. The molecule has 1 fully saturated rings. The molecule has 1 aromatic carbocycles. The molecule has 0 spiro atoms. The van der Waals surface area contributed by atoms with E-state index in [1.54, 1.807) is 0 Å². The van der Waals surface area contributed by atoms with Crippen molar-refractivity contribution in [3.8, 4) is 11.8 Å². The third-order valence-electron chi connectivity index (χ3n) is 3.19. The monoisotopic (exact) mass is 276 g/mol. The fraction of sp³-hybridized carbons (Fsp3) is 0.400. The van der Waals surface area contributed by atoms with Crippen molar-refractivity contribution in [3.05, 3.63) is 35.1 Å². The van der Waals surface area contributed by atoms with Crippen LogP contribution in [0.4, 0.5) is 4.39 Å². The van der Waals surface area contributed by atoms with Crippen LogP contribution in [0.2, 0.25) is 0 Å². The molecule has 0 aliphatic carbocycles. The summed E-state index contributed by atoms with van der Waals surface area (Å²) in [7, 11) is 0. The van der Waals surface area contributed by atoms with Crippen molar-refractivity contribution in [2.45, 2.75) is 18.9 Å². The Hall–Kier alpha value is -1.90. The minimum Gasteiger partial charge on any atom is -0.379 e. The quantitative estimate of drug-likeness (QED) is 0.793. The number of hydrogen-bond acceptors (Lipinski definition) is 3. The van der Waals surface area contributed by atoms with Crippen LogP contribution in [0, 0.1) is 17.7 Å². The van der Waals surface area contributed by atoms with E-state index < -0.39 is 5.82 Å². The van der Waals surface area contributed by atoms with E-state index in [1.165, 1.54) is 18.2 Å². The zero-order chi connectivity index (χ0) is 14.6. The largest absolute Gasteiger partial charge is 0.379 e. The van der Waals surface area contributed by atoms with E-state index in [2.05, 4.69) is 17.2 Å². The second-order valence-electron chi connectivity index (χ2n) is 5.01. The van der Waals surface area contributed by atoms with Crippen LogP contribution in [0.5, 0.6) is 0 Å². The van der Waals surface area contributed by atoms with E-state index in [0.717, 1.165) is 6.42 Å². The van der Waals surface area contributed by atoms with Gasteiger partial charge in [-0.3, -0.25) is 4.79 Å². The molecule has 1 amide bonds. The first kappa shape index (κ1) is 14.5. The Morgan fingerprint density at radius 2 is 2.40 bits per heavy atom. The predicted octanol–water partition coefficient (Wildman–Crippen LogP) is 1.04. The summed E-state index contributed by atoms with van der Waals surface area (Å²) in [5.74, 6) is 4.65. The minimum absolute atomic E-state index is 0.156. The summed E-state index contributed by atoms with van der Waals surface area (Å²) in [5, 5.41) is 2.92. The van der Waals surface area contributed by atoms with Crippen LogP contribution in [-0.2, 0) is 4.74 Å². The fourth-order valence-electron chi connectivity index (χ4n) is 2.07. The molecule has 1 aliphatic rings. The molecule has 1 aromatic rings. The van der Waals surface area contributed by atoms with Crippen molar-refractivity contribution in [2.24, 2.45) is 5.73 Å². The number of amides is 1. The Morgan fingerprint density at radius 3 is 3.05 bits per heavy atom. The molecule has 1 aliphatic heterocycles. The number of carbonyl (C=O) groups excluding carboxylic acids is 1. The molecule has 1 atom stereocenters. The lowest BCUT2D eigenvalue weighted by Crippen LogP contribution is -2.46. The van der Waals surface area contributed by atoms with Gasteiger partial charge in [0.25, 0.3) is 5.91 Å². The number of halogens is 1. The van der Waals surface area contributed by atoms with Gasteiger partial charge in [0, 0.05) is 12.2 Å². The van der Waals surface area contributed by atoms with E-state index in [9.17, 15) is 9.18 Å². The zero-order valence-electron chi connectivity index (χ0n) is 11.3. The number of nitrogens with two attached hydrogens (primary N) is 1. The Labute approximate surface area is 117 Å². The number of nitrogens with one attached hydrogen (secondary N) is 1. The van der Waals surface area contributed by atoms with Gasteiger partial charge >= 0.3 is 0 Å². The van der Waals surface area contributed by atoms with Crippen LogP contribution >= 0.6 is 0 Å². The van der Waals surface area contributed by atoms with Gasteiger partial charge in [-0.25, -0.2) is 4.39 Å². The van der Waals surface area contributed by atoms with Gasteiger partial charge in [-0.1, -0.05) is 11.8 Å². The van der Waals surface area contributed by atoms with Crippen LogP contribution < -0.4 is 11.1 Å². The standard InChI is InChI=1S/C15H17FN2O2/c1-15(6-8-20-10-15)18-14(19)13-5-4-12(16)9-11(13)3-2-7-17/h4-5,9H,6-8,10,17H2,1H3,(H,18,19). The maximum absolute atomic E-state index is 13.3. The van der Waals surface area contributed by atoms with Crippen molar-refractivity contribution in [3.63, 3.8) is 0 Å². The van der Waals surface area contributed by atoms with Crippen molar-refractivity contribution in [2.75, 3.05) is 19.8 Å². The predicted molar refractivity (Wildman–Crippen MR) is 73.6 cm³/mol. The topological polar surface area (TPSA) is 64.4 Å². The summed E-state index contributed by atoms with van der Waals surface area (Å²) in [6, 6.07) is 3.92. The number of hydrogen-bond donors (Lipinski definition) is 2. The second kappa shape index (κ2) is 6.04. The molecule has 1 saturated heterocycles. The molecule has 1 unspecified atom stereocenters. The summed E-state index contributed by atoms with van der Waals surface area (Å²) in [4.78, 5) is 12.3. The van der Waals surface area contributed by atoms with Crippen molar-refractivity contribution in [1.29, 1.82) is 0 Å². The van der Waals surface area contributed by atoms with Crippen molar-refractivity contribution in [1.82, 2.24) is 5.32 Å². The molecule has 1 heterocycles. The summed E-state index contributed by atoms with van der Waals surface area (Å²) in [6.45, 7) is 3.18. The highest BCUT2D eigenvalue weighted by atomic mass is 19.1.